The number of anilines is 1. The van der Waals surface area contributed by atoms with E-state index < -0.39 is 15.9 Å². The predicted octanol–water partition coefficient (Wildman–Crippen LogP) is 1.39. The third kappa shape index (κ3) is 3.63. The van der Waals surface area contributed by atoms with E-state index in [4.69, 9.17) is 0 Å². The van der Waals surface area contributed by atoms with Crippen LogP contribution >= 0.6 is 0 Å². The van der Waals surface area contributed by atoms with E-state index >= 15 is 0 Å². The first-order valence-electron chi connectivity index (χ1n) is 9.31. The number of Topliss-reactive ketones (excluding diaryl/α,β-unsaturated/α-hetero) is 1. The van der Waals surface area contributed by atoms with Crippen LogP contribution in [0.5, 0.6) is 0 Å². The molecule has 3 aliphatic rings. The van der Waals surface area contributed by atoms with Crippen molar-refractivity contribution in [1.82, 2.24) is 4.90 Å². The van der Waals surface area contributed by atoms with Crippen LogP contribution in [0.1, 0.15) is 32.6 Å². The van der Waals surface area contributed by atoms with Gasteiger partial charge in [-0.05, 0) is 38.3 Å². The van der Waals surface area contributed by atoms with Crippen molar-refractivity contribution in [3.8, 4) is 0 Å². The second-order valence-corrected chi connectivity index (χ2v) is 9.79. The molecule has 2 unspecified atom stereocenters. The Balaban J connectivity index is 1.61. The number of ketones is 1. The average molecular weight is 389 g/mol. The summed E-state index contributed by atoms with van der Waals surface area (Å²) in [4.78, 5) is 27.1. The standard InChI is InChI=1S/C19H23N3O4S/c1-13(23)18-11-17(20-22(18)15-5-3-2-4-6-15)19(24)21(14-7-8-14)16-9-10-27(25,26)12-16/h2-6,14,16,18H,7-12H2,1H3. The van der Waals surface area contributed by atoms with Crippen molar-refractivity contribution in [2.45, 2.75) is 50.7 Å². The van der Waals surface area contributed by atoms with E-state index in [9.17, 15) is 18.0 Å². The molecule has 0 bridgehead atoms. The van der Waals surface area contributed by atoms with Crippen LogP contribution in [-0.2, 0) is 19.4 Å². The Morgan fingerprint density at radius 1 is 1.11 bits per heavy atom. The third-order valence-electron chi connectivity index (χ3n) is 5.42. The molecule has 1 aromatic rings. The highest BCUT2D eigenvalue weighted by Gasteiger charge is 2.45. The molecule has 2 fully saturated rings. The highest BCUT2D eigenvalue weighted by Crippen LogP contribution is 2.34. The largest absolute Gasteiger partial charge is 0.331 e. The summed E-state index contributed by atoms with van der Waals surface area (Å²) >= 11 is 0. The van der Waals surface area contributed by atoms with Gasteiger partial charge in [0.05, 0.1) is 17.2 Å². The Bertz CT molecular complexity index is 893. The molecule has 144 valence electrons. The van der Waals surface area contributed by atoms with E-state index in [-0.39, 0.29) is 41.7 Å². The average Bonchev–Trinajstić information content (AvgIpc) is 3.24. The maximum atomic E-state index is 13.2. The van der Waals surface area contributed by atoms with Crippen LogP contribution < -0.4 is 5.01 Å². The lowest BCUT2D eigenvalue weighted by Gasteiger charge is -2.28. The minimum Gasteiger partial charge on any atom is -0.331 e. The molecule has 7 nitrogen and oxygen atoms in total. The summed E-state index contributed by atoms with van der Waals surface area (Å²) in [5, 5.41) is 6.11. The molecule has 1 aliphatic carbocycles. The van der Waals surface area contributed by atoms with E-state index in [1.54, 1.807) is 9.91 Å². The molecule has 0 N–H and O–H groups in total. The molecule has 1 saturated carbocycles. The van der Waals surface area contributed by atoms with Crippen LogP contribution in [0.4, 0.5) is 5.69 Å². The van der Waals surface area contributed by atoms with E-state index in [1.807, 2.05) is 30.3 Å². The summed E-state index contributed by atoms with van der Waals surface area (Å²) in [5.74, 6) is -0.107. The fourth-order valence-electron chi connectivity index (χ4n) is 3.90. The van der Waals surface area contributed by atoms with Gasteiger partial charge in [-0.15, -0.1) is 0 Å². The van der Waals surface area contributed by atoms with E-state index in [0.29, 0.717) is 12.1 Å². The highest BCUT2D eigenvalue weighted by atomic mass is 32.2. The molecule has 1 amide bonds. The van der Waals surface area contributed by atoms with Crippen LogP contribution in [0.15, 0.2) is 35.4 Å². The molecular formula is C19H23N3O4S. The number of carbonyl (C=O) groups is 2. The van der Waals surface area contributed by atoms with Crippen molar-refractivity contribution in [1.29, 1.82) is 0 Å². The van der Waals surface area contributed by atoms with Crippen LogP contribution in [0.25, 0.3) is 0 Å². The molecule has 4 rings (SSSR count). The van der Waals surface area contributed by atoms with Crippen molar-refractivity contribution in [3.63, 3.8) is 0 Å². The van der Waals surface area contributed by atoms with Gasteiger partial charge >= 0.3 is 0 Å². The zero-order valence-corrected chi connectivity index (χ0v) is 16.1. The molecule has 1 saturated heterocycles. The quantitative estimate of drug-likeness (QED) is 0.759. The molecule has 2 aliphatic heterocycles. The van der Waals surface area contributed by atoms with Crippen LogP contribution in [-0.4, -0.2) is 60.4 Å². The number of nitrogens with zero attached hydrogens (tertiary/aromatic N) is 3. The first kappa shape index (κ1) is 18.2. The van der Waals surface area contributed by atoms with Crippen molar-refractivity contribution in [2.24, 2.45) is 5.10 Å². The summed E-state index contributed by atoms with van der Waals surface area (Å²) in [6.07, 6.45) is 2.53. The minimum atomic E-state index is -3.08. The fraction of sp³-hybridized carbons (Fsp3) is 0.526. The maximum absolute atomic E-state index is 13.2. The number of hydrogen-bond acceptors (Lipinski definition) is 6. The first-order valence-corrected chi connectivity index (χ1v) is 11.1. The summed E-state index contributed by atoms with van der Waals surface area (Å²) in [7, 11) is -3.08. The fourth-order valence-corrected chi connectivity index (χ4v) is 5.61. The SMILES string of the molecule is CC(=O)C1CC(C(=O)N(C2CC2)C2CCS(=O)(=O)C2)=NN1c1ccccc1. The van der Waals surface area contributed by atoms with Gasteiger partial charge in [-0.25, -0.2) is 8.42 Å². The number of amides is 1. The van der Waals surface area contributed by atoms with Crippen LogP contribution in [0, 0.1) is 0 Å². The summed E-state index contributed by atoms with van der Waals surface area (Å²) in [6.45, 7) is 1.51. The predicted molar refractivity (Wildman–Crippen MR) is 102 cm³/mol. The van der Waals surface area contributed by atoms with Gasteiger partial charge in [0.2, 0.25) is 0 Å². The zero-order valence-electron chi connectivity index (χ0n) is 15.2. The lowest BCUT2D eigenvalue weighted by Crippen LogP contribution is -2.46. The lowest BCUT2D eigenvalue weighted by molar-refractivity contribution is -0.126. The second-order valence-electron chi connectivity index (χ2n) is 7.56. The van der Waals surface area contributed by atoms with E-state index in [2.05, 4.69) is 5.10 Å². The molecule has 0 aromatic heterocycles. The number of hydrogen-bond donors (Lipinski definition) is 0. The number of hydrazone groups is 1. The van der Waals surface area contributed by atoms with Gasteiger partial charge in [0, 0.05) is 18.5 Å². The molecular weight excluding hydrogens is 366 g/mol. The van der Waals surface area contributed by atoms with E-state index in [0.717, 1.165) is 18.5 Å². The van der Waals surface area contributed by atoms with Gasteiger partial charge in [-0.3, -0.25) is 14.6 Å². The molecule has 27 heavy (non-hydrogen) atoms. The molecule has 2 atom stereocenters. The smallest absolute Gasteiger partial charge is 0.270 e. The topological polar surface area (TPSA) is 87.1 Å². The van der Waals surface area contributed by atoms with Crippen molar-refractivity contribution in [2.75, 3.05) is 16.5 Å². The van der Waals surface area contributed by atoms with Gasteiger partial charge in [0.1, 0.15) is 11.8 Å². The van der Waals surface area contributed by atoms with Gasteiger partial charge in [0.15, 0.2) is 15.6 Å². The lowest BCUT2D eigenvalue weighted by atomic mass is 10.1. The normalized spacial score (nSPS) is 26.7. The van der Waals surface area contributed by atoms with Crippen molar-refractivity contribution < 1.29 is 18.0 Å². The molecule has 1 aromatic carbocycles. The molecule has 8 heteroatoms. The summed E-state index contributed by atoms with van der Waals surface area (Å²) < 4.78 is 23.8. The van der Waals surface area contributed by atoms with Crippen molar-refractivity contribution >= 4 is 32.9 Å². The number of para-hydroxylation sites is 1. The third-order valence-corrected chi connectivity index (χ3v) is 7.17. The van der Waals surface area contributed by atoms with Crippen LogP contribution in [0.2, 0.25) is 0 Å². The first-order chi connectivity index (χ1) is 12.9. The summed E-state index contributed by atoms with van der Waals surface area (Å²) in [6, 6.07) is 8.64. The number of carbonyl (C=O) groups excluding carboxylic acids is 2. The molecule has 2 heterocycles. The van der Waals surface area contributed by atoms with Gasteiger partial charge in [-0.2, -0.15) is 5.10 Å². The Morgan fingerprint density at radius 2 is 1.81 bits per heavy atom. The Morgan fingerprint density at radius 3 is 2.37 bits per heavy atom. The number of benzene rings is 1. The van der Waals surface area contributed by atoms with Crippen LogP contribution in [0.3, 0.4) is 0 Å². The number of sulfone groups is 1. The van der Waals surface area contributed by atoms with E-state index in [1.165, 1.54) is 6.92 Å². The zero-order chi connectivity index (χ0) is 19.2. The molecule has 0 spiro atoms. The van der Waals surface area contributed by atoms with Crippen molar-refractivity contribution in [3.05, 3.63) is 30.3 Å². The second kappa shape index (κ2) is 6.74. The summed E-state index contributed by atoms with van der Waals surface area (Å²) in [5.41, 5.74) is 1.11. The maximum Gasteiger partial charge on any atom is 0.270 e. The Hall–Kier alpha value is -2.22. The van der Waals surface area contributed by atoms with Gasteiger partial charge in [-0.1, -0.05) is 18.2 Å². The van der Waals surface area contributed by atoms with Gasteiger partial charge < -0.3 is 4.90 Å². The van der Waals surface area contributed by atoms with Gasteiger partial charge in [0.25, 0.3) is 5.91 Å². The minimum absolute atomic E-state index is 0.0288. The highest BCUT2D eigenvalue weighted by molar-refractivity contribution is 7.91. The Kier molecular flexibility index (Phi) is 4.53. The molecule has 0 radical (unpaired) electrons. The monoisotopic (exact) mass is 389 g/mol. The number of rotatable bonds is 5. The Labute approximate surface area is 158 Å².